The van der Waals surface area contributed by atoms with Crippen molar-refractivity contribution in [1.82, 2.24) is 0 Å². The molecule has 0 aromatic heterocycles. The quantitative estimate of drug-likeness (QED) is 0.0264. The van der Waals surface area contributed by atoms with E-state index in [1.165, 1.54) is 116 Å². The van der Waals surface area contributed by atoms with E-state index in [2.05, 4.69) is 57.2 Å². The van der Waals surface area contributed by atoms with Gasteiger partial charge < -0.3 is 14.2 Å². The van der Waals surface area contributed by atoms with Gasteiger partial charge in [-0.05, 0) is 70.6 Å². The minimum Gasteiger partial charge on any atom is -0.462 e. The number of hydrogen-bond acceptors (Lipinski definition) is 6. The first-order valence-electron chi connectivity index (χ1n) is 24.5. The van der Waals surface area contributed by atoms with Gasteiger partial charge in [0.15, 0.2) is 6.10 Å². The average molecular weight is 801 g/mol. The number of allylic oxidation sites excluding steroid dienone is 6. The Morgan fingerprint density at radius 1 is 0.368 bits per heavy atom. The Morgan fingerprint density at radius 2 is 0.684 bits per heavy atom. The molecule has 6 heteroatoms. The summed E-state index contributed by atoms with van der Waals surface area (Å²) in [5.41, 5.74) is 0. The third kappa shape index (κ3) is 44.6. The molecule has 57 heavy (non-hydrogen) atoms. The van der Waals surface area contributed by atoms with E-state index >= 15 is 0 Å². The highest BCUT2D eigenvalue weighted by molar-refractivity contribution is 5.71. The lowest BCUT2D eigenvalue weighted by atomic mass is 10.1. The fourth-order valence-corrected chi connectivity index (χ4v) is 6.94. The number of hydrogen-bond donors (Lipinski definition) is 0. The molecule has 0 N–H and O–H groups in total. The van der Waals surface area contributed by atoms with Gasteiger partial charge in [-0.1, -0.05) is 198 Å². The minimum absolute atomic E-state index is 0.0782. The van der Waals surface area contributed by atoms with Crippen LogP contribution in [0.1, 0.15) is 252 Å². The minimum atomic E-state index is -0.777. The van der Waals surface area contributed by atoms with Crippen LogP contribution >= 0.6 is 0 Å². The monoisotopic (exact) mass is 801 g/mol. The molecule has 0 saturated carbocycles. The fraction of sp³-hybridized carbons (Fsp3) is 0.824. The molecule has 0 heterocycles. The van der Waals surface area contributed by atoms with Crippen molar-refractivity contribution in [2.24, 2.45) is 0 Å². The van der Waals surface area contributed by atoms with Gasteiger partial charge in [-0.25, -0.2) is 0 Å². The first kappa shape index (κ1) is 54.6. The van der Waals surface area contributed by atoms with Crippen molar-refractivity contribution in [1.29, 1.82) is 0 Å². The molecule has 0 aromatic rings. The Morgan fingerprint density at radius 3 is 1.07 bits per heavy atom. The van der Waals surface area contributed by atoms with E-state index in [0.717, 1.165) is 96.3 Å². The Bertz CT molecular complexity index is 969. The lowest BCUT2D eigenvalue weighted by molar-refractivity contribution is -0.167. The molecule has 0 spiro atoms. The molecule has 0 rings (SSSR count). The molecule has 0 aliphatic heterocycles. The van der Waals surface area contributed by atoms with E-state index in [1.807, 2.05) is 0 Å². The van der Waals surface area contributed by atoms with Gasteiger partial charge in [0.2, 0.25) is 0 Å². The second-order valence-corrected chi connectivity index (χ2v) is 16.3. The SMILES string of the molecule is CC/C=C\C/C=C\CCCCCCCC(=O)OC(COC(=O)CCCCCCC/C=C\CCCCCCCCC)COC(=O)CCCCCCCCCCCCC. The summed E-state index contributed by atoms with van der Waals surface area (Å²) >= 11 is 0. The summed E-state index contributed by atoms with van der Waals surface area (Å²) in [6, 6.07) is 0. The van der Waals surface area contributed by atoms with Crippen molar-refractivity contribution in [2.75, 3.05) is 13.2 Å². The topological polar surface area (TPSA) is 78.9 Å². The van der Waals surface area contributed by atoms with E-state index in [1.54, 1.807) is 0 Å². The highest BCUT2D eigenvalue weighted by atomic mass is 16.6. The number of unbranched alkanes of at least 4 members (excludes halogenated alkanes) is 27. The summed E-state index contributed by atoms with van der Waals surface area (Å²) < 4.78 is 16.7. The van der Waals surface area contributed by atoms with Crippen LogP contribution in [-0.4, -0.2) is 37.2 Å². The first-order valence-corrected chi connectivity index (χ1v) is 24.5. The Labute approximate surface area is 353 Å². The van der Waals surface area contributed by atoms with Crippen LogP contribution < -0.4 is 0 Å². The van der Waals surface area contributed by atoms with E-state index in [9.17, 15) is 14.4 Å². The summed E-state index contributed by atoms with van der Waals surface area (Å²) in [6.45, 7) is 6.51. The van der Waals surface area contributed by atoms with Gasteiger partial charge >= 0.3 is 17.9 Å². The largest absolute Gasteiger partial charge is 0.462 e. The second kappa shape index (κ2) is 46.3. The third-order valence-electron chi connectivity index (χ3n) is 10.6. The fourth-order valence-electron chi connectivity index (χ4n) is 6.94. The van der Waals surface area contributed by atoms with E-state index in [-0.39, 0.29) is 31.1 Å². The number of carbonyl (C=O) groups excluding carboxylic acids is 3. The third-order valence-corrected chi connectivity index (χ3v) is 10.6. The van der Waals surface area contributed by atoms with Gasteiger partial charge in [0.05, 0.1) is 0 Å². The lowest BCUT2D eigenvalue weighted by Gasteiger charge is -2.18. The maximum Gasteiger partial charge on any atom is 0.306 e. The van der Waals surface area contributed by atoms with Crippen LogP contribution in [0, 0.1) is 0 Å². The van der Waals surface area contributed by atoms with Crippen molar-refractivity contribution >= 4 is 17.9 Å². The molecule has 0 fully saturated rings. The van der Waals surface area contributed by atoms with Crippen LogP contribution in [0.3, 0.4) is 0 Å². The smallest absolute Gasteiger partial charge is 0.306 e. The maximum atomic E-state index is 12.7. The van der Waals surface area contributed by atoms with Crippen molar-refractivity contribution in [3.8, 4) is 0 Å². The average Bonchev–Trinajstić information content (AvgIpc) is 3.21. The molecule has 0 radical (unpaired) electrons. The molecule has 0 saturated heterocycles. The van der Waals surface area contributed by atoms with Gasteiger partial charge in [0, 0.05) is 19.3 Å². The summed E-state index contributed by atoms with van der Waals surface area (Å²) in [7, 11) is 0. The Balaban J connectivity index is 4.36. The van der Waals surface area contributed by atoms with Crippen molar-refractivity contribution < 1.29 is 28.6 Å². The summed E-state index contributed by atoms with van der Waals surface area (Å²) in [5, 5.41) is 0. The zero-order valence-electron chi connectivity index (χ0n) is 37.9. The lowest BCUT2D eigenvalue weighted by Crippen LogP contribution is -2.30. The number of rotatable bonds is 44. The van der Waals surface area contributed by atoms with E-state index in [4.69, 9.17) is 14.2 Å². The molecular weight excluding hydrogens is 709 g/mol. The van der Waals surface area contributed by atoms with E-state index in [0.29, 0.717) is 19.3 Å². The van der Waals surface area contributed by atoms with Gasteiger partial charge in [-0.2, -0.15) is 0 Å². The molecule has 1 atom stereocenters. The maximum absolute atomic E-state index is 12.7. The predicted molar refractivity (Wildman–Crippen MR) is 242 cm³/mol. The molecular formula is C51H92O6. The normalized spacial score (nSPS) is 12.3. The number of ether oxygens (including phenoxy) is 3. The number of esters is 3. The summed E-state index contributed by atoms with van der Waals surface area (Å²) in [6.07, 6.45) is 52.7. The van der Waals surface area contributed by atoms with Gasteiger partial charge in [-0.3, -0.25) is 14.4 Å². The highest BCUT2D eigenvalue weighted by Gasteiger charge is 2.19. The molecule has 0 amide bonds. The van der Waals surface area contributed by atoms with Crippen LogP contribution in [0.25, 0.3) is 0 Å². The van der Waals surface area contributed by atoms with Crippen LogP contribution in [-0.2, 0) is 28.6 Å². The molecule has 1 unspecified atom stereocenters. The van der Waals surface area contributed by atoms with Crippen molar-refractivity contribution in [3.63, 3.8) is 0 Å². The molecule has 0 aliphatic carbocycles. The second-order valence-electron chi connectivity index (χ2n) is 16.3. The van der Waals surface area contributed by atoms with Crippen LogP contribution in [0.2, 0.25) is 0 Å². The summed E-state index contributed by atoms with van der Waals surface area (Å²) in [4.78, 5) is 37.8. The van der Waals surface area contributed by atoms with Crippen molar-refractivity contribution in [3.05, 3.63) is 36.5 Å². The number of carbonyl (C=O) groups is 3. The molecule has 6 nitrogen and oxygen atoms in total. The molecule has 332 valence electrons. The van der Waals surface area contributed by atoms with Crippen LogP contribution in [0.15, 0.2) is 36.5 Å². The van der Waals surface area contributed by atoms with Gasteiger partial charge in [-0.15, -0.1) is 0 Å². The molecule has 0 aromatic carbocycles. The van der Waals surface area contributed by atoms with Gasteiger partial charge in [0.1, 0.15) is 13.2 Å². The first-order chi connectivity index (χ1) is 28.0. The Hall–Kier alpha value is -2.37. The zero-order valence-corrected chi connectivity index (χ0v) is 37.9. The van der Waals surface area contributed by atoms with E-state index < -0.39 is 6.10 Å². The predicted octanol–water partition coefficient (Wildman–Crippen LogP) is 15.8. The van der Waals surface area contributed by atoms with Crippen LogP contribution in [0.4, 0.5) is 0 Å². The zero-order chi connectivity index (χ0) is 41.5. The standard InChI is InChI=1S/C51H92O6/c1-4-7-10-13-16-19-22-24-25-26-27-30-32-35-38-41-44-50(53)56-47-48(46-55-49(52)43-40-37-34-31-28-21-18-15-12-9-6-3)57-51(54)45-42-39-36-33-29-23-20-17-14-11-8-5-2/h8,11,17,20,25-26,48H,4-7,9-10,12-16,18-19,21-24,27-47H2,1-3H3/b11-8-,20-17-,26-25-. The van der Waals surface area contributed by atoms with Crippen LogP contribution in [0.5, 0.6) is 0 Å². The summed E-state index contributed by atoms with van der Waals surface area (Å²) in [5.74, 6) is -0.897. The van der Waals surface area contributed by atoms with Crippen molar-refractivity contribution in [2.45, 2.75) is 258 Å². The van der Waals surface area contributed by atoms with Gasteiger partial charge in [0.25, 0.3) is 0 Å². The molecule has 0 bridgehead atoms. The molecule has 0 aliphatic rings. The highest BCUT2D eigenvalue weighted by Crippen LogP contribution is 2.15. The Kier molecular flexibility index (Phi) is 44.4.